The summed E-state index contributed by atoms with van der Waals surface area (Å²) in [6.45, 7) is 16.5. The number of hydrogen-bond donors (Lipinski definition) is 0. The van der Waals surface area contributed by atoms with Gasteiger partial charge in [-0.1, -0.05) is 77.8 Å². The average molecular weight is 514 g/mol. The van der Waals surface area contributed by atoms with Crippen LogP contribution in [0, 0.1) is 11.3 Å². The van der Waals surface area contributed by atoms with Gasteiger partial charge in [-0.05, 0) is 30.2 Å². The Balaban J connectivity index is 1.87. The van der Waals surface area contributed by atoms with Crippen molar-refractivity contribution in [2.75, 3.05) is 52.9 Å². The number of piperazine rings is 1. The number of para-hydroxylation sites is 1. The Kier molecular flexibility index (Phi) is 13.2. The first-order valence-corrected chi connectivity index (χ1v) is 14.2. The molecule has 0 spiro atoms. The monoisotopic (exact) mass is 513 g/mol. The Hall–Kier alpha value is -2.34. The predicted molar refractivity (Wildman–Crippen MR) is 154 cm³/mol. The summed E-state index contributed by atoms with van der Waals surface area (Å²) in [4.78, 5) is 32.2. The van der Waals surface area contributed by atoms with Gasteiger partial charge in [0.15, 0.2) is 0 Å². The maximum Gasteiger partial charge on any atom is 0.222 e. The first kappa shape index (κ1) is 30.9. The molecule has 0 N–H and O–H groups in total. The Morgan fingerprint density at radius 3 is 2.46 bits per heavy atom. The fraction of sp³-hybridized carbons (Fsp3) is 0.677. The second kappa shape index (κ2) is 15.8. The van der Waals surface area contributed by atoms with E-state index in [1.54, 1.807) is 7.11 Å². The predicted octanol–water partition coefficient (Wildman–Crippen LogP) is 5.72. The molecule has 1 aliphatic heterocycles. The van der Waals surface area contributed by atoms with Gasteiger partial charge in [-0.3, -0.25) is 14.5 Å². The van der Waals surface area contributed by atoms with Crippen molar-refractivity contribution < 1.29 is 14.3 Å². The third-order valence-corrected chi connectivity index (χ3v) is 7.00. The number of benzene rings is 1. The summed E-state index contributed by atoms with van der Waals surface area (Å²) in [6, 6.07) is 7.92. The van der Waals surface area contributed by atoms with Crippen molar-refractivity contribution in [3.63, 3.8) is 0 Å². The number of amides is 2. The van der Waals surface area contributed by atoms with Crippen LogP contribution in [0.1, 0.15) is 78.7 Å². The molecule has 1 aromatic carbocycles. The number of ether oxygens (including phenoxy) is 1. The van der Waals surface area contributed by atoms with Crippen LogP contribution in [0.3, 0.4) is 0 Å². The van der Waals surface area contributed by atoms with E-state index in [1.165, 1.54) is 0 Å². The molecule has 0 saturated carbocycles. The summed E-state index contributed by atoms with van der Waals surface area (Å²) in [5, 5.41) is 0. The van der Waals surface area contributed by atoms with Crippen LogP contribution in [0.2, 0.25) is 0 Å². The first-order valence-electron chi connectivity index (χ1n) is 14.2. The van der Waals surface area contributed by atoms with Gasteiger partial charge in [-0.2, -0.15) is 0 Å². The lowest BCUT2D eigenvalue weighted by molar-refractivity contribution is -0.134. The first-order chi connectivity index (χ1) is 17.6. The molecule has 1 aromatic rings. The van der Waals surface area contributed by atoms with Crippen LogP contribution in [0.25, 0.3) is 6.08 Å². The van der Waals surface area contributed by atoms with Crippen molar-refractivity contribution in [1.29, 1.82) is 0 Å². The molecule has 1 aliphatic rings. The minimum Gasteiger partial charge on any atom is -0.496 e. The number of carbonyl (C=O) groups is 2. The summed E-state index contributed by atoms with van der Waals surface area (Å²) < 4.78 is 5.44. The van der Waals surface area contributed by atoms with Crippen LogP contribution >= 0.6 is 0 Å². The van der Waals surface area contributed by atoms with Gasteiger partial charge in [-0.15, -0.1) is 0 Å². The molecular formula is C31H51N3O3. The average Bonchev–Trinajstić information content (AvgIpc) is 2.85. The minimum absolute atomic E-state index is 0.222. The highest BCUT2D eigenvalue weighted by Crippen LogP contribution is 2.26. The van der Waals surface area contributed by atoms with Crippen molar-refractivity contribution >= 4 is 17.9 Å². The minimum atomic E-state index is 0.222. The van der Waals surface area contributed by atoms with E-state index in [1.807, 2.05) is 40.1 Å². The highest BCUT2D eigenvalue weighted by atomic mass is 16.5. The third kappa shape index (κ3) is 11.7. The van der Waals surface area contributed by atoms with Gasteiger partial charge in [0, 0.05) is 64.2 Å². The molecule has 1 heterocycles. The molecule has 0 radical (unpaired) electrons. The highest BCUT2D eigenvalue weighted by molar-refractivity contribution is 5.77. The van der Waals surface area contributed by atoms with Crippen molar-refractivity contribution in [1.82, 2.24) is 14.7 Å². The van der Waals surface area contributed by atoms with Crippen molar-refractivity contribution in [2.24, 2.45) is 11.3 Å². The fourth-order valence-electron chi connectivity index (χ4n) is 5.14. The second-order valence-corrected chi connectivity index (χ2v) is 11.7. The Morgan fingerprint density at radius 1 is 1.11 bits per heavy atom. The quantitative estimate of drug-likeness (QED) is 0.298. The van der Waals surface area contributed by atoms with E-state index in [4.69, 9.17) is 4.74 Å². The molecule has 2 rings (SSSR count). The van der Waals surface area contributed by atoms with E-state index in [9.17, 15) is 9.59 Å². The molecule has 2 amide bonds. The van der Waals surface area contributed by atoms with Gasteiger partial charge >= 0.3 is 0 Å². The second-order valence-electron chi connectivity index (χ2n) is 11.7. The third-order valence-electron chi connectivity index (χ3n) is 7.00. The van der Waals surface area contributed by atoms with Crippen LogP contribution in [0.15, 0.2) is 30.3 Å². The molecule has 6 nitrogen and oxygen atoms in total. The molecule has 0 aliphatic carbocycles. The zero-order valence-electron chi connectivity index (χ0n) is 24.3. The van der Waals surface area contributed by atoms with E-state index in [0.29, 0.717) is 31.8 Å². The van der Waals surface area contributed by atoms with Crippen LogP contribution in [-0.2, 0) is 9.59 Å². The maximum absolute atomic E-state index is 13.0. The zero-order valence-corrected chi connectivity index (χ0v) is 24.3. The lowest BCUT2D eigenvalue weighted by Gasteiger charge is -2.36. The van der Waals surface area contributed by atoms with E-state index < -0.39 is 0 Å². The van der Waals surface area contributed by atoms with Gasteiger partial charge in [0.2, 0.25) is 11.8 Å². The summed E-state index contributed by atoms with van der Waals surface area (Å²) in [6.07, 6.45) is 9.53. The van der Waals surface area contributed by atoms with Gasteiger partial charge in [0.1, 0.15) is 5.75 Å². The highest BCUT2D eigenvalue weighted by Gasteiger charge is 2.24. The molecule has 37 heavy (non-hydrogen) atoms. The molecular weight excluding hydrogens is 462 g/mol. The molecule has 1 saturated heterocycles. The van der Waals surface area contributed by atoms with E-state index in [-0.39, 0.29) is 17.2 Å². The van der Waals surface area contributed by atoms with Crippen LogP contribution in [0.5, 0.6) is 5.75 Å². The molecule has 0 bridgehead atoms. The van der Waals surface area contributed by atoms with Crippen molar-refractivity contribution in [2.45, 2.75) is 73.1 Å². The smallest absolute Gasteiger partial charge is 0.222 e. The van der Waals surface area contributed by atoms with E-state index in [0.717, 1.165) is 69.7 Å². The number of carbonyl (C=O) groups excluding carboxylic acids is 2. The number of methoxy groups -OCH3 is 1. The maximum atomic E-state index is 13.0. The normalized spacial score (nSPS) is 15.7. The summed E-state index contributed by atoms with van der Waals surface area (Å²) in [5.41, 5.74) is 1.27. The van der Waals surface area contributed by atoms with Crippen molar-refractivity contribution in [3.8, 4) is 5.75 Å². The van der Waals surface area contributed by atoms with Crippen LogP contribution in [0.4, 0.5) is 0 Å². The number of rotatable bonds is 14. The lowest BCUT2D eigenvalue weighted by Crippen LogP contribution is -2.50. The Bertz CT molecular complexity index is 853. The topological polar surface area (TPSA) is 53.1 Å². The van der Waals surface area contributed by atoms with Gasteiger partial charge in [0.25, 0.3) is 0 Å². The SMILES string of the molecule is CCCCCC(=O)N(CC=Cc1ccccc1OC)CCN1CCN(C(=O)CC(C)CC(C)(C)C)CC1. The standard InChI is InChI=1S/C31H51N3O3/c1-7-8-9-16-29(35)33(17-12-14-27-13-10-11-15-28(27)37-6)21-18-32-19-22-34(23-20-32)30(36)24-26(2)25-31(3,4)5/h10-15,26H,7-9,16-25H2,1-6H3. The lowest BCUT2D eigenvalue weighted by atomic mass is 9.84. The van der Waals surface area contributed by atoms with Crippen LogP contribution in [-0.4, -0.2) is 79.4 Å². The summed E-state index contributed by atoms with van der Waals surface area (Å²) >= 11 is 0. The van der Waals surface area contributed by atoms with Crippen molar-refractivity contribution in [3.05, 3.63) is 35.9 Å². The Labute approximate surface area is 226 Å². The van der Waals surface area contributed by atoms with Crippen LogP contribution < -0.4 is 4.74 Å². The molecule has 208 valence electrons. The largest absolute Gasteiger partial charge is 0.496 e. The summed E-state index contributed by atoms with van der Waals surface area (Å²) in [5.74, 6) is 1.74. The van der Waals surface area contributed by atoms with Gasteiger partial charge < -0.3 is 14.5 Å². The fourth-order valence-corrected chi connectivity index (χ4v) is 5.14. The molecule has 1 atom stereocenters. The number of unbranched alkanes of at least 4 members (excludes halogenated alkanes) is 2. The van der Waals surface area contributed by atoms with Gasteiger partial charge in [0.05, 0.1) is 7.11 Å². The van der Waals surface area contributed by atoms with Gasteiger partial charge in [-0.25, -0.2) is 0 Å². The zero-order chi connectivity index (χ0) is 27.3. The van der Waals surface area contributed by atoms with E-state index in [2.05, 4.69) is 45.6 Å². The number of nitrogens with zero attached hydrogens (tertiary/aromatic N) is 3. The van der Waals surface area contributed by atoms with E-state index >= 15 is 0 Å². The number of hydrogen-bond acceptors (Lipinski definition) is 4. The molecule has 1 unspecified atom stereocenters. The molecule has 0 aromatic heterocycles. The Morgan fingerprint density at radius 2 is 1.81 bits per heavy atom. The summed E-state index contributed by atoms with van der Waals surface area (Å²) in [7, 11) is 1.68. The molecule has 6 heteroatoms. The molecule has 1 fully saturated rings.